The molecule has 0 spiro atoms. The second-order valence-electron chi connectivity index (χ2n) is 9.55. The monoisotopic (exact) mass is 518 g/mol. The number of rotatable bonds is 9. The van der Waals surface area contributed by atoms with Crippen LogP contribution >= 0.6 is 11.8 Å². The summed E-state index contributed by atoms with van der Waals surface area (Å²) in [6.07, 6.45) is 3.02. The highest BCUT2D eigenvalue weighted by molar-refractivity contribution is 7.99. The van der Waals surface area contributed by atoms with Crippen molar-refractivity contribution in [3.63, 3.8) is 0 Å². The predicted octanol–water partition coefficient (Wildman–Crippen LogP) is 5.48. The third kappa shape index (κ3) is 6.31. The molecule has 1 fully saturated rings. The average Bonchev–Trinajstić information content (AvgIpc) is 3.38. The van der Waals surface area contributed by atoms with Gasteiger partial charge in [0.25, 0.3) is 0 Å². The number of nitrogens with one attached hydrogen (secondary N) is 1. The van der Waals surface area contributed by atoms with E-state index in [2.05, 4.69) is 15.3 Å². The first-order valence-electron chi connectivity index (χ1n) is 12.6. The first kappa shape index (κ1) is 26.7. The van der Waals surface area contributed by atoms with Crippen molar-refractivity contribution in [2.75, 3.05) is 18.2 Å². The third-order valence-electron chi connectivity index (χ3n) is 6.90. The second kappa shape index (κ2) is 11.8. The van der Waals surface area contributed by atoms with E-state index in [0.29, 0.717) is 30.2 Å². The molecule has 1 aromatic heterocycles. The molecular weight excluding hydrogens is 484 g/mol. The molecule has 0 bridgehead atoms. The first-order valence-corrected chi connectivity index (χ1v) is 13.5. The lowest BCUT2D eigenvalue weighted by atomic mass is 9.92. The molecule has 0 atom stereocenters. The number of hydrogen-bond donors (Lipinski definition) is 1. The molecule has 2 aromatic carbocycles. The Kier molecular flexibility index (Phi) is 8.48. The Hall–Kier alpha value is -3.39. The summed E-state index contributed by atoms with van der Waals surface area (Å²) in [7, 11) is 1.61. The first-order chi connectivity index (χ1) is 17.8. The molecule has 194 valence electrons. The Bertz CT molecular complexity index is 1240. The van der Waals surface area contributed by atoms with Crippen LogP contribution in [0.5, 0.6) is 5.75 Å². The third-order valence-corrected chi connectivity index (χ3v) is 7.73. The van der Waals surface area contributed by atoms with Gasteiger partial charge in [0, 0.05) is 23.6 Å². The van der Waals surface area contributed by atoms with Gasteiger partial charge in [-0.05, 0) is 75.1 Å². The van der Waals surface area contributed by atoms with Crippen LogP contribution in [0.4, 0.5) is 5.69 Å². The number of amides is 2. The van der Waals surface area contributed by atoms with Crippen molar-refractivity contribution in [2.24, 2.45) is 0 Å². The van der Waals surface area contributed by atoms with Gasteiger partial charge in [0.05, 0.1) is 12.9 Å². The van der Waals surface area contributed by atoms with Gasteiger partial charge in [0.1, 0.15) is 11.3 Å². The van der Waals surface area contributed by atoms with Crippen molar-refractivity contribution in [3.8, 4) is 5.75 Å². The van der Waals surface area contributed by atoms with Gasteiger partial charge in [0.15, 0.2) is 5.16 Å². The van der Waals surface area contributed by atoms with Gasteiger partial charge in [-0.2, -0.15) is 0 Å². The fraction of sp³-hybridized carbons (Fsp3) is 0.379. The van der Waals surface area contributed by atoms with Crippen LogP contribution in [0.2, 0.25) is 0 Å². The highest BCUT2D eigenvalue weighted by Crippen LogP contribution is 2.38. The zero-order chi connectivity index (χ0) is 26.4. The smallest absolute Gasteiger partial charge is 0.250 e. The number of aromatic nitrogens is 2. The Morgan fingerprint density at radius 3 is 2.27 bits per heavy atom. The number of aryl methyl sites for hydroxylation is 3. The Morgan fingerprint density at radius 1 is 1.00 bits per heavy atom. The number of thioether (sulfide) groups is 1. The molecule has 0 unspecified atom stereocenters. The molecule has 37 heavy (non-hydrogen) atoms. The maximum Gasteiger partial charge on any atom is 0.250 e. The largest absolute Gasteiger partial charge is 0.497 e. The van der Waals surface area contributed by atoms with Gasteiger partial charge in [-0.3, -0.25) is 9.59 Å². The van der Waals surface area contributed by atoms with E-state index in [0.717, 1.165) is 41.1 Å². The molecule has 3 aromatic rings. The molecule has 1 heterocycles. The SMILES string of the molecule is COc1ccc(NC(=O)C2(N(Cc3ccccc3C)C(=O)CSc3nc(C)cc(C)n3)CCCC2)cc1. The van der Waals surface area contributed by atoms with E-state index in [9.17, 15) is 9.59 Å². The molecule has 0 saturated heterocycles. The van der Waals surface area contributed by atoms with E-state index in [1.807, 2.05) is 75.4 Å². The van der Waals surface area contributed by atoms with Gasteiger partial charge in [0.2, 0.25) is 11.8 Å². The second-order valence-corrected chi connectivity index (χ2v) is 10.5. The minimum Gasteiger partial charge on any atom is -0.497 e. The van der Waals surface area contributed by atoms with E-state index in [-0.39, 0.29) is 17.6 Å². The summed E-state index contributed by atoms with van der Waals surface area (Å²) in [5, 5.41) is 3.65. The number of methoxy groups -OCH3 is 1. The van der Waals surface area contributed by atoms with Crippen molar-refractivity contribution < 1.29 is 14.3 Å². The number of carbonyl (C=O) groups excluding carboxylic acids is 2. The number of carbonyl (C=O) groups is 2. The van der Waals surface area contributed by atoms with Gasteiger partial charge >= 0.3 is 0 Å². The van der Waals surface area contributed by atoms with Crippen LogP contribution in [0.1, 0.15) is 48.2 Å². The summed E-state index contributed by atoms with van der Waals surface area (Å²) in [5.74, 6) is 0.634. The van der Waals surface area contributed by atoms with Crippen LogP contribution in [0.25, 0.3) is 0 Å². The fourth-order valence-electron chi connectivity index (χ4n) is 4.90. The quantitative estimate of drug-likeness (QED) is 0.298. The summed E-state index contributed by atoms with van der Waals surface area (Å²) in [6.45, 7) is 6.24. The molecule has 1 saturated carbocycles. The molecule has 1 N–H and O–H groups in total. The highest BCUT2D eigenvalue weighted by Gasteiger charge is 2.48. The molecule has 1 aliphatic carbocycles. The van der Waals surface area contributed by atoms with Crippen LogP contribution in [0, 0.1) is 20.8 Å². The standard InChI is InChI=1S/C29H34N4O3S/c1-20-9-5-6-10-23(20)18-33(26(34)19-37-28-30-21(2)17-22(3)31-28)29(15-7-8-16-29)27(35)32-24-11-13-25(36-4)14-12-24/h5-6,9-14,17H,7-8,15-16,18-19H2,1-4H3,(H,32,35). The van der Waals surface area contributed by atoms with Crippen LogP contribution < -0.4 is 10.1 Å². The van der Waals surface area contributed by atoms with Crippen LogP contribution in [0.15, 0.2) is 59.8 Å². The van der Waals surface area contributed by atoms with Crippen molar-refractivity contribution in [1.29, 1.82) is 0 Å². The molecule has 7 nitrogen and oxygen atoms in total. The van der Waals surface area contributed by atoms with E-state index < -0.39 is 5.54 Å². The fourth-order valence-corrected chi connectivity index (χ4v) is 5.73. The van der Waals surface area contributed by atoms with E-state index >= 15 is 0 Å². The minimum absolute atomic E-state index is 0.0946. The predicted molar refractivity (Wildman–Crippen MR) is 147 cm³/mol. The minimum atomic E-state index is -0.927. The number of nitrogens with zero attached hydrogens (tertiary/aromatic N) is 3. The molecule has 1 aliphatic rings. The zero-order valence-electron chi connectivity index (χ0n) is 21.9. The summed E-state index contributed by atoms with van der Waals surface area (Å²) in [5.41, 5.74) is 3.61. The number of anilines is 1. The highest BCUT2D eigenvalue weighted by atomic mass is 32.2. The zero-order valence-corrected chi connectivity index (χ0v) is 22.7. The maximum atomic E-state index is 13.9. The van der Waals surface area contributed by atoms with Gasteiger partial charge in [-0.25, -0.2) is 9.97 Å². The summed E-state index contributed by atoms with van der Waals surface area (Å²) in [4.78, 5) is 38.5. The van der Waals surface area contributed by atoms with Crippen molar-refractivity contribution in [1.82, 2.24) is 14.9 Å². The topological polar surface area (TPSA) is 84.4 Å². The van der Waals surface area contributed by atoms with E-state index in [1.165, 1.54) is 11.8 Å². The average molecular weight is 519 g/mol. The summed E-state index contributed by atoms with van der Waals surface area (Å²) >= 11 is 1.32. The summed E-state index contributed by atoms with van der Waals surface area (Å²) in [6, 6.07) is 17.2. The van der Waals surface area contributed by atoms with E-state index in [4.69, 9.17) is 4.74 Å². The normalized spacial score (nSPS) is 14.3. The van der Waals surface area contributed by atoms with Gasteiger partial charge in [-0.15, -0.1) is 0 Å². The number of hydrogen-bond acceptors (Lipinski definition) is 6. The Labute approximate surface area is 223 Å². The Morgan fingerprint density at radius 2 is 1.65 bits per heavy atom. The van der Waals surface area contributed by atoms with Crippen molar-refractivity contribution >= 4 is 29.3 Å². The molecule has 2 amide bonds. The lowest BCUT2D eigenvalue weighted by Crippen LogP contribution is -2.57. The van der Waals surface area contributed by atoms with Crippen molar-refractivity contribution in [3.05, 3.63) is 77.1 Å². The van der Waals surface area contributed by atoms with Gasteiger partial charge in [-0.1, -0.05) is 48.9 Å². The lowest BCUT2D eigenvalue weighted by Gasteiger charge is -2.40. The van der Waals surface area contributed by atoms with E-state index in [1.54, 1.807) is 12.0 Å². The maximum absolute atomic E-state index is 13.9. The molecular formula is C29H34N4O3S. The molecule has 8 heteroatoms. The van der Waals surface area contributed by atoms with Crippen LogP contribution in [-0.2, 0) is 16.1 Å². The van der Waals surface area contributed by atoms with Gasteiger partial charge < -0.3 is 15.0 Å². The van der Waals surface area contributed by atoms with Crippen LogP contribution in [0.3, 0.4) is 0 Å². The molecule has 4 rings (SSSR count). The van der Waals surface area contributed by atoms with Crippen molar-refractivity contribution in [2.45, 2.75) is 63.7 Å². The summed E-state index contributed by atoms with van der Waals surface area (Å²) < 4.78 is 5.24. The van der Waals surface area contributed by atoms with Crippen LogP contribution in [-0.4, -0.2) is 45.1 Å². The number of benzene rings is 2. The molecule has 0 aliphatic heterocycles. The Balaban J connectivity index is 1.63. The lowest BCUT2D eigenvalue weighted by molar-refractivity contribution is -0.144. The molecule has 0 radical (unpaired) electrons. The number of ether oxygens (including phenoxy) is 1.